The Morgan fingerprint density at radius 3 is 1.74 bits per heavy atom. The van der Waals surface area contributed by atoms with Crippen molar-refractivity contribution in [3.63, 3.8) is 0 Å². The number of para-hydroxylation sites is 3. The van der Waals surface area contributed by atoms with Gasteiger partial charge < -0.3 is 0 Å². The van der Waals surface area contributed by atoms with E-state index in [9.17, 15) is 0 Å². The molecule has 0 aliphatic heterocycles. The summed E-state index contributed by atoms with van der Waals surface area (Å²) in [5.74, 6) is 0.0469. The third-order valence-electron chi connectivity index (χ3n) is 8.04. The molecule has 0 N–H and O–H groups in total. The molecule has 198 valence electrons. The standard InChI is InChI=1S/C39H27N3/c1-26-41-35-22-9-11-24-37(35)42(26)36-23-10-8-20-33(36)39-31-18-6-4-16-29(31)38(30-17-5-7-19-32(30)39)28-15-3-2-14-27(28)34-21-12-13-25-40-34/h2-25H,1H3/i1D3. The fourth-order valence-electron chi connectivity index (χ4n) is 6.31. The normalized spacial score (nSPS) is 12.8. The third-order valence-corrected chi connectivity index (χ3v) is 8.04. The zero-order chi connectivity index (χ0) is 30.5. The molecule has 0 fully saturated rings. The zero-order valence-corrected chi connectivity index (χ0v) is 22.7. The summed E-state index contributed by atoms with van der Waals surface area (Å²) in [5, 5.41) is 4.37. The van der Waals surface area contributed by atoms with Gasteiger partial charge in [-0.05, 0) is 75.4 Å². The summed E-state index contributed by atoms with van der Waals surface area (Å²) in [6.07, 6.45) is 1.83. The molecule has 0 amide bonds. The molecule has 0 bridgehead atoms. The molecule has 42 heavy (non-hydrogen) atoms. The Morgan fingerprint density at radius 2 is 1.07 bits per heavy atom. The third kappa shape index (κ3) is 3.75. The molecular weight excluding hydrogens is 510 g/mol. The molecule has 0 spiro atoms. The number of nitrogens with zero attached hydrogens (tertiary/aromatic N) is 3. The first-order valence-electron chi connectivity index (χ1n) is 15.5. The SMILES string of the molecule is [2H]C([2H])([2H])c1nc2ccccc2n1-c1ccccc1-c1c2ccccc2c(-c2ccccc2-c2ccccn2)c2ccccc12. The van der Waals surface area contributed by atoms with Gasteiger partial charge in [-0.25, -0.2) is 4.98 Å². The molecule has 6 aromatic carbocycles. The summed E-state index contributed by atoms with van der Waals surface area (Å²) < 4.78 is 27.0. The van der Waals surface area contributed by atoms with E-state index in [1.165, 1.54) is 0 Å². The van der Waals surface area contributed by atoms with E-state index in [0.717, 1.165) is 66.3 Å². The number of imidazole rings is 1. The zero-order valence-electron chi connectivity index (χ0n) is 25.7. The molecule has 0 saturated heterocycles. The maximum atomic E-state index is 8.39. The van der Waals surface area contributed by atoms with Gasteiger partial charge in [-0.2, -0.15) is 0 Å². The van der Waals surface area contributed by atoms with Crippen molar-refractivity contribution in [2.45, 2.75) is 6.85 Å². The van der Waals surface area contributed by atoms with Gasteiger partial charge in [0.15, 0.2) is 0 Å². The predicted molar refractivity (Wildman–Crippen MR) is 175 cm³/mol. The first-order valence-corrected chi connectivity index (χ1v) is 14.0. The number of benzene rings is 6. The van der Waals surface area contributed by atoms with Gasteiger partial charge in [-0.1, -0.05) is 109 Å². The number of aromatic nitrogens is 3. The fourth-order valence-corrected chi connectivity index (χ4v) is 6.31. The van der Waals surface area contributed by atoms with Crippen molar-refractivity contribution in [3.8, 4) is 39.2 Å². The van der Waals surface area contributed by atoms with Crippen LogP contribution < -0.4 is 0 Å². The summed E-state index contributed by atoms with van der Waals surface area (Å²) in [6.45, 7) is -2.41. The Kier molecular flexibility index (Phi) is 4.97. The van der Waals surface area contributed by atoms with Crippen LogP contribution in [0.3, 0.4) is 0 Å². The van der Waals surface area contributed by atoms with Gasteiger partial charge in [-0.15, -0.1) is 0 Å². The van der Waals surface area contributed by atoms with Crippen molar-refractivity contribution in [1.29, 1.82) is 0 Å². The number of pyridine rings is 1. The Hall–Kier alpha value is -5.54. The van der Waals surface area contributed by atoms with Gasteiger partial charge in [0.1, 0.15) is 5.82 Å². The Labute approximate surface area is 248 Å². The van der Waals surface area contributed by atoms with Crippen LogP contribution in [0.4, 0.5) is 0 Å². The minimum absolute atomic E-state index is 0.0469. The van der Waals surface area contributed by atoms with Gasteiger partial charge in [0.05, 0.1) is 22.4 Å². The van der Waals surface area contributed by atoms with Gasteiger partial charge in [0, 0.05) is 21.4 Å². The molecule has 8 aromatic rings. The van der Waals surface area contributed by atoms with E-state index in [-0.39, 0.29) is 5.82 Å². The van der Waals surface area contributed by atoms with Gasteiger partial charge in [-0.3, -0.25) is 9.55 Å². The van der Waals surface area contributed by atoms with E-state index in [4.69, 9.17) is 9.10 Å². The topological polar surface area (TPSA) is 30.7 Å². The Morgan fingerprint density at radius 1 is 0.524 bits per heavy atom. The molecule has 2 aromatic heterocycles. The number of hydrogen-bond donors (Lipinski definition) is 0. The maximum Gasteiger partial charge on any atom is 0.111 e. The highest BCUT2D eigenvalue weighted by Crippen LogP contribution is 2.47. The molecule has 0 aliphatic rings. The second kappa shape index (κ2) is 9.83. The Balaban J connectivity index is 1.49. The first kappa shape index (κ1) is 21.2. The molecule has 0 unspecified atom stereocenters. The molecule has 2 heterocycles. The fraction of sp³-hybridized carbons (Fsp3) is 0.0256. The quantitative estimate of drug-likeness (QED) is 0.208. The van der Waals surface area contributed by atoms with Crippen molar-refractivity contribution in [2.75, 3.05) is 0 Å². The number of aryl methyl sites for hydroxylation is 1. The highest BCUT2D eigenvalue weighted by molar-refractivity contribution is 6.23. The van der Waals surface area contributed by atoms with Crippen LogP contribution in [0.5, 0.6) is 0 Å². The van der Waals surface area contributed by atoms with E-state index in [2.05, 4.69) is 83.8 Å². The average molecular weight is 541 g/mol. The molecule has 3 nitrogen and oxygen atoms in total. The summed E-state index contributed by atoms with van der Waals surface area (Å²) in [6, 6.07) is 47.1. The van der Waals surface area contributed by atoms with Gasteiger partial charge >= 0.3 is 0 Å². The van der Waals surface area contributed by atoms with Crippen LogP contribution >= 0.6 is 0 Å². The van der Waals surface area contributed by atoms with Gasteiger partial charge in [0.2, 0.25) is 0 Å². The molecule has 0 radical (unpaired) electrons. The van der Waals surface area contributed by atoms with Crippen LogP contribution in [0.2, 0.25) is 0 Å². The minimum atomic E-state index is -2.41. The maximum absolute atomic E-state index is 8.39. The van der Waals surface area contributed by atoms with Crippen LogP contribution in [0.25, 0.3) is 71.8 Å². The summed E-state index contributed by atoms with van der Waals surface area (Å²) in [5.41, 5.74) is 8.38. The number of fused-ring (bicyclic) bond motifs is 3. The number of rotatable bonds is 4. The van der Waals surface area contributed by atoms with Crippen molar-refractivity contribution in [3.05, 3.63) is 152 Å². The van der Waals surface area contributed by atoms with Crippen LogP contribution in [-0.4, -0.2) is 14.5 Å². The van der Waals surface area contributed by atoms with Gasteiger partial charge in [0.25, 0.3) is 0 Å². The van der Waals surface area contributed by atoms with E-state index < -0.39 is 6.85 Å². The van der Waals surface area contributed by atoms with Crippen LogP contribution in [0.1, 0.15) is 9.94 Å². The second-order valence-electron chi connectivity index (χ2n) is 10.4. The van der Waals surface area contributed by atoms with Crippen LogP contribution in [0.15, 0.2) is 146 Å². The number of hydrogen-bond acceptors (Lipinski definition) is 2. The Bertz CT molecular complexity index is 2320. The van der Waals surface area contributed by atoms with E-state index in [1.54, 1.807) is 0 Å². The lowest BCUT2D eigenvalue weighted by molar-refractivity contribution is 1.00. The van der Waals surface area contributed by atoms with Crippen LogP contribution in [-0.2, 0) is 0 Å². The summed E-state index contributed by atoms with van der Waals surface area (Å²) in [7, 11) is 0. The highest BCUT2D eigenvalue weighted by Gasteiger charge is 2.21. The first-order chi connectivity index (χ1) is 22.0. The summed E-state index contributed by atoms with van der Waals surface area (Å²) in [4.78, 5) is 9.31. The van der Waals surface area contributed by atoms with Crippen molar-refractivity contribution >= 4 is 32.6 Å². The molecule has 8 rings (SSSR count). The predicted octanol–water partition coefficient (Wildman–Crippen LogP) is 10.0. The molecule has 3 heteroatoms. The van der Waals surface area contributed by atoms with Crippen molar-refractivity contribution in [1.82, 2.24) is 14.5 Å². The van der Waals surface area contributed by atoms with Crippen LogP contribution in [0, 0.1) is 6.85 Å². The lowest BCUT2D eigenvalue weighted by Crippen LogP contribution is -2.01. The highest BCUT2D eigenvalue weighted by atomic mass is 15.1. The monoisotopic (exact) mass is 540 g/mol. The molecule has 0 aliphatic carbocycles. The van der Waals surface area contributed by atoms with E-state index in [1.807, 2.05) is 71.4 Å². The molecule has 0 atom stereocenters. The largest absolute Gasteiger partial charge is 0.296 e. The summed E-state index contributed by atoms with van der Waals surface area (Å²) >= 11 is 0. The minimum Gasteiger partial charge on any atom is -0.296 e. The lowest BCUT2D eigenvalue weighted by Gasteiger charge is -2.21. The molecular formula is C39H27N3. The molecule has 0 saturated carbocycles. The smallest absolute Gasteiger partial charge is 0.111 e. The van der Waals surface area contributed by atoms with Crippen molar-refractivity contribution < 1.29 is 4.11 Å². The lowest BCUT2D eigenvalue weighted by atomic mass is 9.84. The second-order valence-corrected chi connectivity index (χ2v) is 10.4. The van der Waals surface area contributed by atoms with Crippen molar-refractivity contribution in [2.24, 2.45) is 0 Å². The average Bonchev–Trinajstić information content (AvgIpc) is 3.48. The van der Waals surface area contributed by atoms with E-state index in [0.29, 0.717) is 5.52 Å². The van der Waals surface area contributed by atoms with E-state index >= 15 is 0 Å².